The predicted octanol–water partition coefficient (Wildman–Crippen LogP) is 2.75. The van der Waals surface area contributed by atoms with Crippen molar-refractivity contribution in [1.82, 2.24) is 9.97 Å². The normalized spacial score (nSPS) is 10.3. The van der Waals surface area contributed by atoms with E-state index in [0.29, 0.717) is 4.99 Å². The first-order chi connectivity index (χ1) is 9.51. The third-order valence-electron chi connectivity index (χ3n) is 3.12. The van der Waals surface area contributed by atoms with Crippen LogP contribution in [0.15, 0.2) is 30.3 Å². The average molecular weight is 286 g/mol. The van der Waals surface area contributed by atoms with Crippen molar-refractivity contribution < 1.29 is 0 Å². The van der Waals surface area contributed by atoms with Gasteiger partial charge in [-0.05, 0) is 37.6 Å². The van der Waals surface area contributed by atoms with Crippen LogP contribution in [0.25, 0.3) is 0 Å². The summed E-state index contributed by atoms with van der Waals surface area (Å²) in [5.41, 5.74) is 8.55. The lowest BCUT2D eigenvalue weighted by molar-refractivity contribution is 0.934. The van der Waals surface area contributed by atoms with E-state index in [1.165, 1.54) is 0 Å². The Kier molecular flexibility index (Phi) is 4.29. The summed E-state index contributed by atoms with van der Waals surface area (Å²) in [6.45, 7) is 4.00. The summed E-state index contributed by atoms with van der Waals surface area (Å²) < 4.78 is 0. The Balaban J connectivity index is 2.32. The van der Waals surface area contributed by atoms with Crippen molar-refractivity contribution in [1.29, 1.82) is 0 Å². The number of hydrogen-bond acceptors (Lipinski definition) is 4. The zero-order valence-corrected chi connectivity index (χ0v) is 12.7. The lowest BCUT2D eigenvalue weighted by atomic mass is 10.2. The molecule has 0 aliphatic carbocycles. The minimum Gasteiger partial charge on any atom is -0.389 e. The number of anilines is 2. The van der Waals surface area contributed by atoms with Gasteiger partial charge in [-0.1, -0.05) is 19.1 Å². The highest BCUT2D eigenvalue weighted by atomic mass is 32.1. The summed E-state index contributed by atoms with van der Waals surface area (Å²) >= 11 is 4.96. The fraction of sp³-hybridized carbons (Fsp3) is 0.267. The summed E-state index contributed by atoms with van der Waals surface area (Å²) in [4.78, 5) is 11.3. The van der Waals surface area contributed by atoms with E-state index >= 15 is 0 Å². The molecule has 0 amide bonds. The zero-order valence-electron chi connectivity index (χ0n) is 11.9. The van der Waals surface area contributed by atoms with Crippen LogP contribution in [-0.4, -0.2) is 22.0 Å². The van der Waals surface area contributed by atoms with Gasteiger partial charge >= 0.3 is 0 Å². The van der Waals surface area contributed by atoms with Crippen LogP contribution in [0.5, 0.6) is 0 Å². The zero-order chi connectivity index (χ0) is 14.7. The van der Waals surface area contributed by atoms with Crippen molar-refractivity contribution in [3.05, 3.63) is 47.4 Å². The highest BCUT2D eigenvalue weighted by Crippen LogP contribution is 2.22. The van der Waals surface area contributed by atoms with Crippen molar-refractivity contribution in [3.8, 4) is 0 Å². The Labute approximate surface area is 124 Å². The van der Waals surface area contributed by atoms with Gasteiger partial charge in [-0.15, -0.1) is 0 Å². The maximum absolute atomic E-state index is 5.61. The molecule has 104 valence electrons. The maximum atomic E-state index is 5.61. The molecule has 4 nitrogen and oxygen atoms in total. The highest BCUT2D eigenvalue weighted by molar-refractivity contribution is 7.80. The molecule has 1 heterocycles. The second-order valence-corrected chi connectivity index (χ2v) is 5.03. The Morgan fingerprint density at radius 1 is 1.25 bits per heavy atom. The lowest BCUT2D eigenvalue weighted by Gasteiger charge is -2.19. The van der Waals surface area contributed by atoms with E-state index < -0.39 is 0 Å². The van der Waals surface area contributed by atoms with Crippen LogP contribution in [0.4, 0.5) is 11.5 Å². The molecule has 0 unspecified atom stereocenters. The van der Waals surface area contributed by atoms with Gasteiger partial charge in [-0.2, -0.15) is 0 Å². The van der Waals surface area contributed by atoms with Crippen molar-refractivity contribution in [2.75, 3.05) is 11.9 Å². The van der Waals surface area contributed by atoms with E-state index in [0.717, 1.165) is 35.0 Å². The first kappa shape index (κ1) is 14.4. The molecule has 0 bridgehead atoms. The molecular weight excluding hydrogens is 268 g/mol. The topological polar surface area (TPSA) is 55.0 Å². The third-order valence-corrected chi connectivity index (χ3v) is 3.36. The second-order valence-electron chi connectivity index (χ2n) is 4.59. The minimum atomic E-state index is 0.408. The molecule has 0 aliphatic rings. The number of nitrogens with two attached hydrogens (primary N) is 1. The van der Waals surface area contributed by atoms with E-state index in [4.69, 9.17) is 18.0 Å². The smallest absolute Gasteiger partial charge is 0.136 e. The lowest BCUT2D eigenvalue weighted by Crippen LogP contribution is -2.14. The number of hydrogen-bond donors (Lipinski definition) is 1. The van der Waals surface area contributed by atoms with Gasteiger partial charge in [0.15, 0.2) is 0 Å². The Morgan fingerprint density at radius 2 is 1.90 bits per heavy atom. The Bertz CT molecular complexity index is 622. The van der Waals surface area contributed by atoms with Crippen LogP contribution in [0.3, 0.4) is 0 Å². The van der Waals surface area contributed by atoms with Gasteiger partial charge in [0.05, 0.1) is 0 Å². The molecule has 0 radical (unpaired) electrons. The van der Waals surface area contributed by atoms with Crippen LogP contribution in [0.2, 0.25) is 0 Å². The molecule has 2 N–H and O–H groups in total. The monoisotopic (exact) mass is 286 g/mol. The quantitative estimate of drug-likeness (QED) is 0.876. The summed E-state index contributed by atoms with van der Waals surface area (Å²) in [6.07, 6.45) is 0.893. The number of thiocarbonyl (C=S) groups is 1. The summed E-state index contributed by atoms with van der Waals surface area (Å²) in [5, 5.41) is 0. The van der Waals surface area contributed by atoms with Crippen LogP contribution in [-0.2, 0) is 6.42 Å². The van der Waals surface area contributed by atoms with Crippen LogP contribution < -0.4 is 10.6 Å². The van der Waals surface area contributed by atoms with Crippen molar-refractivity contribution in [2.24, 2.45) is 5.73 Å². The van der Waals surface area contributed by atoms with E-state index in [2.05, 4.69) is 16.9 Å². The minimum absolute atomic E-state index is 0.408. The number of aryl methyl sites for hydroxylation is 2. The van der Waals surface area contributed by atoms with Crippen LogP contribution >= 0.6 is 12.2 Å². The molecule has 0 atom stereocenters. The fourth-order valence-corrected chi connectivity index (χ4v) is 2.08. The Hall–Kier alpha value is -2.01. The van der Waals surface area contributed by atoms with Crippen molar-refractivity contribution >= 4 is 28.7 Å². The molecule has 2 rings (SSSR count). The predicted molar refractivity (Wildman–Crippen MR) is 86.5 cm³/mol. The van der Waals surface area contributed by atoms with Gasteiger partial charge in [0.2, 0.25) is 0 Å². The van der Waals surface area contributed by atoms with Crippen molar-refractivity contribution in [3.63, 3.8) is 0 Å². The van der Waals surface area contributed by atoms with Gasteiger partial charge in [0, 0.05) is 30.1 Å². The third kappa shape index (κ3) is 3.11. The summed E-state index contributed by atoms with van der Waals surface area (Å²) in [5.74, 6) is 1.67. The van der Waals surface area contributed by atoms with Crippen molar-refractivity contribution in [2.45, 2.75) is 20.3 Å². The fourth-order valence-electron chi connectivity index (χ4n) is 1.95. The standard InChI is InChI=1S/C15H18N4S/c1-4-12-9-14(18-10(2)17-12)19(3)13-7-5-11(6-8-13)15(16)20/h5-9H,4H2,1-3H3,(H2,16,20). The molecule has 0 aliphatic heterocycles. The molecule has 0 spiro atoms. The molecule has 5 heteroatoms. The summed E-state index contributed by atoms with van der Waals surface area (Å²) in [6, 6.07) is 9.81. The second kappa shape index (κ2) is 5.96. The summed E-state index contributed by atoms with van der Waals surface area (Å²) in [7, 11) is 1.98. The molecule has 1 aromatic heterocycles. The van der Waals surface area contributed by atoms with E-state index in [-0.39, 0.29) is 0 Å². The SMILES string of the molecule is CCc1cc(N(C)c2ccc(C(N)=S)cc2)nc(C)n1. The maximum Gasteiger partial charge on any atom is 0.136 e. The van der Waals surface area contributed by atoms with Crippen LogP contribution in [0.1, 0.15) is 24.0 Å². The molecule has 1 aromatic carbocycles. The van der Waals surface area contributed by atoms with Gasteiger partial charge in [-0.3, -0.25) is 0 Å². The molecule has 2 aromatic rings. The molecular formula is C15H18N4S. The van der Waals surface area contributed by atoms with Gasteiger partial charge in [-0.25, -0.2) is 9.97 Å². The highest BCUT2D eigenvalue weighted by Gasteiger charge is 2.08. The van der Waals surface area contributed by atoms with Crippen LogP contribution in [0, 0.1) is 6.92 Å². The van der Waals surface area contributed by atoms with E-state index in [1.54, 1.807) is 0 Å². The molecule has 0 fully saturated rings. The Morgan fingerprint density at radius 3 is 2.45 bits per heavy atom. The van der Waals surface area contributed by atoms with Gasteiger partial charge in [0.25, 0.3) is 0 Å². The van der Waals surface area contributed by atoms with E-state index in [9.17, 15) is 0 Å². The van der Waals surface area contributed by atoms with Gasteiger partial charge < -0.3 is 10.6 Å². The first-order valence-corrected chi connectivity index (χ1v) is 6.90. The largest absolute Gasteiger partial charge is 0.389 e. The molecule has 20 heavy (non-hydrogen) atoms. The average Bonchev–Trinajstić information content (AvgIpc) is 2.45. The molecule has 0 saturated carbocycles. The number of aromatic nitrogens is 2. The van der Waals surface area contributed by atoms with E-state index in [1.807, 2.05) is 49.2 Å². The number of benzene rings is 1. The first-order valence-electron chi connectivity index (χ1n) is 6.49. The molecule has 0 saturated heterocycles. The number of rotatable bonds is 4. The number of nitrogens with zero attached hydrogens (tertiary/aromatic N) is 3. The van der Waals surface area contributed by atoms with Gasteiger partial charge in [0.1, 0.15) is 16.6 Å².